The van der Waals surface area contributed by atoms with Crippen LogP contribution < -0.4 is 15.0 Å². The van der Waals surface area contributed by atoms with Crippen LogP contribution in [0.4, 0.5) is 10.3 Å². The molecule has 0 fully saturated rings. The smallest absolute Gasteiger partial charge is 0.355 e. The first-order valence-electron chi connectivity index (χ1n) is 14.9. The van der Waals surface area contributed by atoms with Crippen LogP contribution in [0.15, 0.2) is 79.1 Å². The number of benzene rings is 3. The van der Waals surface area contributed by atoms with Crippen molar-refractivity contribution >= 4 is 55.0 Å². The summed E-state index contributed by atoms with van der Waals surface area (Å²) in [5.74, 6) is 0.373. The van der Waals surface area contributed by atoms with E-state index in [1.54, 1.807) is 6.20 Å². The number of aromatic carboxylic acids is 1. The summed E-state index contributed by atoms with van der Waals surface area (Å²) in [5, 5.41) is 14.1. The van der Waals surface area contributed by atoms with Crippen LogP contribution in [-0.4, -0.2) is 49.7 Å². The fourth-order valence-electron chi connectivity index (χ4n) is 5.62. The Morgan fingerprint density at radius 3 is 2.65 bits per heavy atom. The van der Waals surface area contributed by atoms with E-state index in [1.807, 2.05) is 84.5 Å². The third-order valence-corrected chi connectivity index (χ3v) is 10.1. The molecule has 46 heavy (non-hydrogen) atoms. The number of hydrogen-bond donors (Lipinski definition) is 2. The molecule has 6 aromatic rings. The monoisotopic (exact) mass is 650 g/mol. The number of carboxylic acids is 1. The zero-order chi connectivity index (χ0) is 31.6. The summed E-state index contributed by atoms with van der Waals surface area (Å²) in [4.78, 5) is 41.8. The predicted octanol–water partition coefficient (Wildman–Crippen LogP) is 6.68. The lowest BCUT2D eigenvalue weighted by Crippen LogP contribution is -2.32. The zero-order valence-corrected chi connectivity index (χ0v) is 26.6. The molecule has 1 aliphatic heterocycles. The van der Waals surface area contributed by atoms with E-state index in [0.717, 1.165) is 44.9 Å². The van der Waals surface area contributed by atoms with E-state index in [1.165, 1.54) is 22.7 Å². The van der Waals surface area contributed by atoms with Gasteiger partial charge in [0.05, 0.1) is 16.8 Å². The first kappa shape index (κ1) is 29.6. The lowest BCUT2D eigenvalue weighted by molar-refractivity contribution is 0.0690. The van der Waals surface area contributed by atoms with Gasteiger partial charge in [-0.25, -0.2) is 19.7 Å². The Bertz CT molecular complexity index is 2020. The van der Waals surface area contributed by atoms with Gasteiger partial charge in [-0.05, 0) is 72.9 Å². The topological polar surface area (TPSA) is 122 Å². The second-order valence-corrected chi connectivity index (χ2v) is 13.1. The van der Waals surface area contributed by atoms with Gasteiger partial charge in [0.25, 0.3) is 5.91 Å². The average molecular weight is 651 g/mol. The molecule has 3 aromatic carbocycles. The van der Waals surface area contributed by atoms with Gasteiger partial charge in [0.1, 0.15) is 11.6 Å². The van der Waals surface area contributed by atoms with Crippen LogP contribution >= 0.6 is 22.7 Å². The molecule has 232 valence electrons. The first-order valence-corrected chi connectivity index (χ1v) is 16.5. The molecule has 2 N–H and O–H groups in total. The largest absolute Gasteiger partial charge is 0.494 e. The standard InChI is InChI=1S/C34H30N6O4S2/c1-39-18-16-35-30(39)22-11-13-23(14-12-22)44-19-5-10-28-29(32(42)43)37-34(46-28)40-17-15-21-6-4-7-24(25(21)20-40)31(41)38-33-36-26-8-2-3-9-27(26)45-33/h2-4,6-9,11-14,16,18H,5,10,15,17,19-20H2,1H3,(H,42,43)(H,36,38,41). The molecule has 12 heteroatoms. The number of imidazole rings is 1. The van der Waals surface area contributed by atoms with Crippen LogP contribution in [0.5, 0.6) is 5.75 Å². The highest BCUT2D eigenvalue weighted by atomic mass is 32.1. The van der Waals surface area contributed by atoms with Gasteiger partial charge in [0, 0.05) is 48.5 Å². The normalized spacial score (nSPS) is 12.7. The Morgan fingerprint density at radius 1 is 1.02 bits per heavy atom. The number of aromatic nitrogens is 4. The number of carboxylic acid groups (broad SMARTS) is 1. The second-order valence-electron chi connectivity index (χ2n) is 11.0. The minimum atomic E-state index is -1.04. The average Bonchev–Trinajstić information content (AvgIpc) is 3.81. The molecule has 0 spiro atoms. The molecule has 0 radical (unpaired) electrons. The molecule has 3 aromatic heterocycles. The highest BCUT2D eigenvalue weighted by molar-refractivity contribution is 7.22. The van der Waals surface area contributed by atoms with Gasteiger partial charge in [0.2, 0.25) is 0 Å². The summed E-state index contributed by atoms with van der Waals surface area (Å²) in [5.41, 5.74) is 4.54. The number of ether oxygens (including phenoxy) is 1. The van der Waals surface area contributed by atoms with E-state index in [0.29, 0.717) is 53.2 Å². The highest BCUT2D eigenvalue weighted by Crippen LogP contribution is 2.33. The number of anilines is 2. The SMILES string of the molecule is Cn1ccnc1-c1ccc(OCCCc2sc(N3CCc4cccc(C(=O)Nc5nc6ccccc6s5)c4C3)nc2C(=O)O)cc1. The lowest BCUT2D eigenvalue weighted by atomic mass is 9.94. The predicted molar refractivity (Wildman–Crippen MR) is 180 cm³/mol. The first-order chi connectivity index (χ1) is 22.4. The number of aryl methyl sites for hydroxylation is 2. The number of carbonyl (C=O) groups is 2. The Labute approximate surface area is 273 Å². The molecule has 0 unspecified atom stereocenters. The molecule has 0 bridgehead atoms. The Morgan fingerprint density at radius 2 is 1.87 bits per heavy atom. The van der Waals surface area contributed by atoms with E-state index in [-0.39, 0.29) is 11.6 Å². The maximum atomic E-state index is 13.4. The molecular formula is C34H30N6O4S2. The zero-order valence-electron chi connectivity index (χ0n) is 25.0. The Kier molecular flexibility index (Phi) is 8.20. The van der Waals surface area contributed by atoms with Gasteiger partial charge in [-0.2, -0.15) is 0 Å². The molecule has 0 saturated heterocycles. The number of carbonyl (C=O) groups excluding carboxylic acids is 1. The highest BCUT2D eigenvalue weighted by Gasteiger charge is 2.26. The van der Waals surface area contributed by atoms with Gasteiger partial charge in [-0.1, -0.05) is 35.6 Å². The summed E-state index contributed by atoms with van der Waals surface area (Å²) in [7, 11) is 1.95. The van der Waals surface area contributed by atoms with Crippen molar-refractivity contribution in [3.8, 4) is 17.1 Å². The summed E-state index contributed by atoms with van der Waals surface area (Å²) < 4.78 is 8.92. The molecule has 1 amide bonds. The molecular weight excluding hydrogens is 621 g/mol. The van der Waals surface area contributed by atoms with Gasteiger partial charge in [-0.15, -0.1) is 11.3 Å². The molecule has 10 nitrogen and oxygen atoms in total. The van der Waals surface area contributed by atoms with Crippen molar-refractivity contribution in [3.05, 3.63) is 106 Å². The minimum absolute atomic E-state index is 0.0760. The Hall–Kier alpha value is -5.07. The number of fused-ring (bicyclic) bond motifs is 2. The fourth-order valence-corrected chi connectivity index (χ4v) is 7.60. The van der Waals surface area contributed by atoms with Crippen LogP contribution in [-0.2, 0) is 26.4 Å². The molecule has 0 saturated carbocycles. The van der Waals surface area contributed by atoms with E-state index >= 15 is 0 Å². The van der Waals surface area contributed by atoms with Gasteiger partial charge < -0.3 is 19.3 Å². The number of para-hydroxylation sites is 1. The maximum Gasteiger partial charge on any atom is 0.355 e. The second kappa shape index (κ2) is 12.7. The number of amides is 1. The Balaban J connectivity index is 1.01. The molecule has 0 aliphatic carbocycles. The van der Waals surface area contributed by atoms with E-state index in [9.17, 15) is 14.7 Å². The van der Waals surface area contributed by atoms with Crippen molar-refractivity contribution in [2.75, 3.05) is 23.4 Å². The number of hydrogen-bond acceptors (Lipinski definition) is 9. The number of rotatable bonds is 10. The minimum Gasteiger partial charge on any atom is -0.494 e. The van der Waals surface area contributed by atoms with Gasteiger partial charge >= 0.3 is 5.97 Å². The molecule has 0 atom stereocenters. The number of nitrogens with one attached hydrogen (secondary N) is 1. The van der Waals surface area contributed by atoms with Gasteiger partial charge in [-0.3, -0.25) is 10.1 Å². The quantitative estimate of drug-likeness (QED) is 0.158. The number of nitrogens with zero attached hydrogens (tertiary/aromatic N) is 5. The summed E-state index contributed by atoms with van der Waals surface area (Å²) in [6, 6.07) is 21.3. The lowest BCUT2D eigenvalue weighted by Gasteiger charge is -2.29. The summed E-state index contributed by atoms with van der Waals surface area (Å²) in [6.07, 6.45) is 5.57. The van der Waals surface area contributed by atoms with Crippen molar-refractivity contribution < 1.29 is 19.4 Å². The van der Waals surface area contributed by atoms with E-state index < -0.39 is 5.97 Å². The fraction of sp³-hybridized carbons (Fsp3) is 0.206. The molecule has 1 aliphatic rings. The summed E-state index contributed by atoms with van der Waals surface area (Å²) in [6.45, 7) is 1.58. The van der Waals surface area contributed by atoms with Crippen LogP contribution in [0.2, 0.25) is 0 Å². The molecule has 4 heterocycles. The third-order valence-electron chi connectivity index (χ3n) is 7.94. The van der Waals surface area contributed by atoms with Crippen molar-refractivity contribution in [1.82, 2.24) is 19.5 Å². The van der Waals surface area contributed by atoms with Crippen molar-refractivity contribution in [1.29, 1.82) is 0 Å². The van der Waals surface area contributed by atoms with Crippen molar-refractivity contribution in [2.24, 2.45) is 7.05 Å². The van der Waals surface area contributed by atoms with Crippen LogP contribution in [0.3, 0.4) is 0 Å². The van der Waals surface area contributed by atoms with E-state index in [4.69, 9.17) is 4.74 Å². The van der Waals surface area contributed by atoms with Crippen LogP contribution in [0.1, 0.15) is 43.3 Å². The van der Waals surface area contributed by atoms with Gasteiger partial charge in [0.15, 0.2) is 16.0 Å². The maximum absolute atomic E-state index is 13.4. The number of thiazole rings is 2. The summed E-state index contributed by atoms with van der Waals surface area (Å²) >= 11 is 2.84. The third kappa shape index (κ3) is 6.09. The van der Waals surface area contributed by atoms with E-state index in [2.05, 4.69) is 25.2 Å². The molecule has 7 rings (SSSR count). The van der Waals surface area contributed by atoms with Crippen molar-refractivity contribution in [3.63, 3.8) is 0 Å². The van der Waals surface area contributed by atoms with Crippen LogP contribution in [0, 0.1) is 0 Å². The van der Waals surface area contributed by atoms with Crippen LogP contribution in [0.25, 0.3) is 21.6 Å². The van der Waals surface area contributed by atoms with Crippen molar-refractivity contribution in [2.45, 2.75) is 25.8 Å².